The lowest BCUT2D eigenvalue weighted by Gasteiger charge is -2.26. The minimum absolute atomic E-state index is 0. The van der Waals surface area contributed by atoms with Crippen LogP contribution in [0.25, 0.3) is 0 Å². The Balaban J connectivity index is 0.00000225. The van der Waals surface area contributed by atoms with Gasteiger partial charge < -0.3 is 20.3 Å². The summed E-state index contributed by atoms with van der Waals surface area (Å²) in [5.41, 5.74) is 0.396. The highest BCUT2D eigenvalue weighted by molar-refractivity contribution is 6.31. The Morgan fingerprint density at radius 3 is 2.84 bits per heavy atom. The molecule has 2 fully saturated rings. The molecule has 2 heterocycles. The second-order valence-electron chi connectivity index (χ2n) is 6.20. The van der Waals surface area contributed by atoms with Crippen LogP contribution in [0.1, 0.15) is 29.6 Å². The fraction of sp³-hybridized carbons (Fsp3) is 0.529. The number of amides is 2. The number of ether oxygens (including phenoxy) is 1. The normalized spacial score (nSPS) is 22.4. The second-order valence-corrected chi connectivity index (χ2v) is 6.64. The number of hydrogen-bond donors (Lipinski definition) is 2. The molecular weight excluding hydrogens is 365 g/mol. The van der Waals surface area contributed by atoms with Gasteiger partial charge in [-0.1, -0.05) is 11.6 Å². The van der Waals surface area contributed by atoms with Crippen molar-refractivity contribution in [3.8, 4) is 5.75 Å². The molecule has 0 spiro atoms. The van der Waals surface area contributed by atoms with Gasteiger partial charge in [0.1, 0.15) is 11.8 Å². The van der Waals surface area contributed by atoms with Gasteiger partial charge in [0, 0.05) is 24.2 Å². The van der Waals surface area contributed by atoms with Crippen LogP contribution in [0.5, 0.6) is 5.75 Å². The van der Waals surface area contributed by atoms with Gasteiger partial charge in [0.2, 0.25) is 5.91 Å². The Morgan fingerprint density at radius 1 is 1.36 bits per heavy atom. The monoisotopic (exact) mass is 387 g/mol. The van der Waals surface area contributed by atoms with E-state index in [0.717, 1.165) is 25.9 Å². The molecule has 0 saturated carbocycles. The molecule has 2 amide bonds. The summed E-state index contributed by atoms with van der Waals surface area (Å²) < 4.78 is 5.27. The van der Waals surface area contributed by atoms with Crippen molar-refractivity contribution in [2.75, 3.05) is 26.7 Å². The first-order valence-electron chi connectivity index (χ1n) is 8.25. The van der Waals surface area contributed by atoms with Crippen molar-refractivity contribution in [2.24, 2.45) is 0 Å². The molecule has 6 nitrogen and oxygen atoms in total. The van der Waals surface area contributed by atoms with Crippen molar-refractivity contribution in [1.29, 1.82) is 0 Å². The van der Waals surface area contributed by atoms with Gasteiger partial charge in [-0.3, -0.25) is 9.59 Å². The number of carbonyl (C=O) groups excluding carboxylic acids is 2. The standard InChI is InChI=1S/C17H22ClN3O3.ClH/c1-24-15-5-4-11(18)9-13(15)17(23)21-8-2-3-14(21)16(22)20-12-6-7-19-10-12;/h4-5,9,12,14,19H,2-3,6-8,10H2,1H3,(H,20,22);1H. The van der Waals surface area contributed by atoms with Gasteiger partial charge in [-0.2, -0.15) is 0 Å². The zero-order chi connectivity index (χ0) is 17.1. The molecule has 0 aliphatic carbocycles. The van der Waals surface area contributed by atoms with Crippen LogP contribution in [0.2, 0.25) is 5.02 Å². The molecule has 2 N–H and O–H groups in total. The number of rotatable bonds is 4. The number of halogens is 2. The number of likely N-dealkylation sites (tertiary alicyclic amines) is 1. The van der Waals surface area contributed by atoms with E-state index in [4.69, 9.17) is 16.3 Å². The maximum Gasteiger partial charge on any atom is 0.258 e. The maximum atomic E-state index is 12.9. The molecule has 0 radical (unpaired) electrons. The third-order valence-electron chi connectivity index (χ3n) is 4.61. The quantitative estimate of drug-likeness (QED) is 0.826. The van der Waals surface area contributed by atoms with E-state index in [1.807, 2.05) is 0 Å². The number of nitrogens with one attached hydrogen (secondary N) is 2. The highest BCUT2D eigenvalue weighted by Gasteiger charge is 2.36. The van der Waals surface area contributed by atoms with E-state index in [1.54, 1.807) is 23.1 Å². The van der Waals surface area contributed by atoms with Crippen LogP contribution in [-0.2, 0) is 4.79 Å². The van der Waals surface area contributed by atoms with Crippen molar-refractivity contribution in [2.45, 2.75) is 31.3 Å². The van der Waals surface area contributed by atoms with Crippen LogP contribution in [0.3, 0.4) is 0 Å². The number of methoxy groups -OCH3 is 1. The average molecular weight is 388 g/mol. The molecule has 2 atom stereocenters. The number of carbonyl (C=O) groups is 2. The highest BCUT2D eigenvalue weighted by atomic mass is 35.5. The van der Waals surface area contributed by atoms with Gasteiger partial charge in [-0.05, 0) is 44.0 Å². The molecule has 2 unspecified atom stereocenters. The topological polar surface area (TPSA) is 70.7 Å². The third-order valence-corrected chi connectivity index (χ3v) is 4.85. The van der Waals surface area contributed by atoms with Gasteiger partial charge in [-0.25, -0.2) is 0 Å². The molecule has 1 aromatic carbocycles. The molecule has 0 aromatic heterocycles. The lowest BCUT2D eigenvalue weighted by molar-refractivity contribution is -0.125. The predicted molar refractivity (Wildman–Crippen MR) is 98.7 cm³/mol. The van der Waals surface area contributed by atoms with E-state index in [9.17, 15) is 9.59 Å². The van der Waals surface area contributed by atoms with E-state index in [1.165, 1.54) is 7.11 Å². The summed E-state index contributed by atoms with van der Waals surface area (Å²) >= 11 is 6.02. The summed E-state index contributed by atoms with van der Waals surface area (Å²) in [5.74, 6) is 0.183. The SMILES string of the molecule is COc1ccc(Cl)cc1C(=O)N1CCCC1C(=O)NC1CCNC1.Cl. The lowest BCUT2D eigenvalue weighted by atomic mass is 10.1. The Hall–Kier alpha value is -1.50. The molecule has 3 rings (SSSR count). The average Bonchev–Trinajstić information content (AvgIpc) is 3.25. The van der Waals surface area contributed by atoms with Gasteiger partial charge in [-0.15, -0.1) is 12.4 Å². The van der Waals surface area contributed by atoms with Gasteiger partial charge >= 0.3 is 0 Å². The smallest absolute Gasteiger partial charge is 0.258 e. The zero-order valence-electron chi connectivity index (χ0n) is 14.1. The molecule has 1 aromatic rings. The van der Waals surface area contributed by atoms with Crippen molar-refractivity contribution >= 4 is 35.8 Å². The summed E-state index contributed by atoms with van der Waals surface area (Å²) in [6.07, 6.45) is 2.42. The third kappa shape index (κ3) is 4.37. The predicted octanol–water partition coefficient (Wildman–Crippen LogP) is 1.85. The molecule has 2 saturated heterocycles. The highest BCUT2D eigenvalue weighted by Crippen LogP contribution is 2.27. The van der Waals surface area contributed by atoms with E-state index in [0.29, 0.717) is 29.3 Å². The Labute approximate surface area is 158 Å². The largest absolute Gasteiger partial charge is 0.496 e. The van der Waals surface area contributed by atoms with Crippen LogP contribution < -0.4 is 15.4 Å². The van der Waals surface area contributed by atoms with Crippen molar-refractivity contribution in [1.82, 2.24) is 15.5 Å². The minimum atomic E-state index is -0.429. The first kappa shape index (κ1) is 19.8. The van der Waals surface area contributed by atoms with E-state index in [2.05, 4.69) is 10.6 Å². The second kappa shape index (κ2) is 8.74. The first-order valence-corrected chi connectivity index (χ1v) is 8.63. The summed E-state index contributed by atoms with van der Waals surface area (Å²) in [7, 11) is 1.52. The van der Waals surface area contributed by atoms with Gasteiger partial charge in [0.25, 0.3) is 5.91 Å². The summed E-state index contributed by atoms with van der Waals surface area (Å²) in [6, 6.07) is 4.66. The summed E-state index contributed by atoms with van der Waals surface area (Å²) in [6.45, 7) is 2.27. The zero-order valence-corrected chi connectivity index (χ0v) is 15.7. The molecular formula is C17H23Cl2N3O3. The number of benzene rings is 1. The number of hydrogen-bond acceptors (Lipinski definition) is 4. The molecule has 138 valence electrons. The molecule has 25 heavy (non-hydrogen) atoms. The van der Waals surface area contributed by atoms with E-state index >= 15 is 0 Å². The summed E-state index contributed by atoms with van der Waals surface area (Å²) in [5, 5.41) is 6.74. The van der Waals surface area contributed by atoms with Gasteiger partial charge in [0.15, 0.2) is 0 Å². The van der Waals surface area contributed by atoms with E-state index < -0.39 is 6.04 Å². The fourth-order valence-electron chi connectivity index (χ4n) is 3.36. The van der Waals surface area contributed by atoms with Crippen molar-refractivity contribution < 1.29 is 14.3 Å². The molecule has 2 aliphatic heterocycles. The van der Waals surface area contributed by atoms with Crippen LogP contribution >= 0.6 is 24.0 Å². The van der Waals surface area contributed by atoms with Crippen LogP contribution in [0.4, 0.5) is 0 Å². The Kier molecular flexibility index (Phi) is 6.93. The van der Waals surface area contributed by atoms with Crippen LogP contribution in [0.15, 0.2) is 18.2 Å². The summed E-state index contributed by atoms with van der Waals surface area (Å²) in [4.78, 5) is 27.1. The Morgan fingerprint density at radius 2 is 2.16 bits per heavy atom. The molecule has 0 bridgehead atoms. The Bertz CT molecular complexity index is 636. The van der Waals surface area contributed by atoms with Crippen molar-refractivity contribution in [3.63, 3.8) is 0 Å². The maximum absolute atomic E-state index is 12.9. The number of nitrogens with zero attached hydrogens (tertiary/aromatic N) is 1. The van der Waals surface area contributed by atoms with E-state index in [-0.39, 0.29) is 30.3 Å². The van der Waals surface area contributed by atoms with Crippen molar-refractivity contribution in [3.05, 3.63) is 28.8 Å². The minimum Gasteiger partial charge on any atom is -0.496 e. The van der Waals surface area contributed by atoms with Gasteiger partial charge in [0.05, 0.1) is 12.7 Å². The molecule has 2 aliphatic rings. The molecule has 8 heteroatoms. The lowest BCUT2D eigenvalue weighted by Crippen LogP contribution is -2.49. The first-order chi connectivity index (χ1) is 11.6. The van der Waals surface area contributed by atoms with Crippen LogP contribution in [-0.4, -0.2) is 55.5 Å². The fourth-order valence-corrected chi connectivity index (χ4v) is 3.53. The van der Waals surface area contributed by atoms with Crippen LogP contribution in [0, 0.1) is 0 Å².